The molecule has 3 aromatic rings. The van der Waals surface area contributed by atoms with Gasteiger partial charge >= 0.3 is 5.97 Å². The summed E-state index contributed by atoms with van der Waals surface area (Å²) in [5.41, 5.74) is 1.63. The fraction of sp³-hybridized carbons (Fsp3) is 0.111. The van der Waals surface area contributed by atoms with E-state index in [9.17, 15) is 9.59 Å². The molecule has 1 N–H and O–H groups in total. The minimum absolute atomic E-state index is 0.0195. The van der Waals surface area contributed by atoms with E-state index in [4.69, 9.17) is 27.9 Å². The van der Waals surface area contributed by atoms with E-state index in [-0.39, 0.29) is 6.42 Å². The standard InChI is InChI=1S/C18H14Cl2N4O3/c19-13-5-6-16(24-11-21-10-22-24)15(8-13)23-17(25)9-27-18(26)7-12-3-1-2-4-14(12)20/h1-6,8,10-11H,7,9H2,(H,23,25). The predicted molar refractivity (Wildman–Crippen MR) is 101 cm³/mol. The monoisotopic (exact) mass is 404 g/mol. The van der Waals surface area contributed by atoms with Gasteiger partial charge in [-0.05, 0) is 29.8 Å². The van der Waals surface area contributed by atoms with Crippen LogP contribution in [0.4, 0.5) is 5.69 Å². The average molecular weight is 405 g/mol. The molecule has 7 nitrogen and oxygen atoms in total. The van der Waals surface area contributed by atoms with Gasteiger partial charge in [0.2, 0.25) is 0 Å². The Morgan fingerprint density at radius 3 is 2.70 bits per heavy atom. The third kappa shape index (κ3) is 5.06. The third-order valence-electron chi connectivity index (χ3n) is 3.56. The molecule has 2 aromatic carbocycles. The quantitative estimate of drug-likeness (QED) is 0.636. The summed E-state index contributed by atoms with van der Waals surface area (Å²) >= 11 is 12.0. The van der Waals surface area contributed by atoms with Crippen LogP contribution < -0.4 is 5.32 Å². The predicted octanol–water partition coefficient (Wildman–Crippen LogP) is 3.30. The SMILES string of the molecule is O=C(COC(=O)Cc1ccccc1Cl)Nc1cc(Cl)ccc1-n1cncn1. The fourth-order valence-electron chi connectivity index (χ4n) is 2.32. The molecular formula is C18H14Cl2N4O3. The lowest BCUT2D eigenvalue weighted by molar-refractivity contribution is -0.146. The number of halogens is 2. The summed E-state index contributed by atoms with van der Waals surface area (Å²) in [4.78, 5) is 28.0. The van der Waals surface area contributed by atoms with E-state index in [1.165, 1.54) is 17.3 Å². The van der Waals surface area contributed by atoms with E-state index in [1.807, 2.05) is 0 Å². The van der Waals surface area contributed by atoms with Crippen molar-refractivity contribution >= 4 is 40.8 Å². The molecule has 1 amide bonds. The molecule has 0 radical (unpaired) electrons. The Morgan fingerprint density at radius 1 is 1.15 bits per heavy atom. The Labute approximate surface area is 164 Å². The van der Waals surface area contributed by atoms with Crippen molar-refractivity contribution < 1.29 is 14.3 Å². The normalized spacial score (nSPS) is 10.4. The van der Waals surface area contributed by atoms with Gasteiger partial charge < -0.3 is 10.1 Å². The smallest absolute Gasteiger partial charge is 0.310 e. The minimum atomic E-state index is -0.555. The van der Waals surface area contributed by atoms with E-state index >= 15 is 0 Å². The number of anilines is 1. The molecule has 0 saturated heterocycles. The Hall–Kier alpha value is -2.90. The van der Waals surface area contributed by atoms with Gasteiger partial charge in [0.1, 0.15) is 12.7 Å². The zero-order valence-electron chi connectivity index (χ0n) is 13.9. The van der Waals surface area contributed by atoms with Gasteiger partial charge in [-0.15, -0.1) is 0 Å². The van der Waals surface area contributed by atoms with Crippen molar-refractivity contribution in [3.05, 3.63) is 70.7 Å². The van der Waals surface area contributed by atoms with Crippen molar-refractivity contribution in [2.24, 2.45) is 0 Å². The van der Waals surface area contributed by atoms with Crippen LogP contribution in [0.2, 0.25) is 10.0 Å². The molecule has 0 fully saturated rings. The second kappa shape index (κ2) is 8.66. The van der Waals surface area contributed by atoms with Crippen LogP contribution in [-0.2, 0) is 20.7 Å². The number of benzene rings is 2. The number of nitrogens with zero attached hydrogens (tertiary/aromatic N) is 3. The molecule has 1 heterocycles. The van der Waals surface area contributed by atoms with Crippen LogP contribution in [0, 0.1) is 0 Å². The van der Waals surface area contributed by atoms with Crippen LogP contribution >= 0.6 is 23.2 Å². The van der Waals surface area contributed by atoms with Gasteiger partial charge in [-0.3, -0.25) is 9.59 Å². The Balaban J connectivity index is 1.61. The molecule has 0 unspecified atom stereocenters. The maximum atomic E-state index is 12.2. The summed E-state index contributed by atoms with van der Waals surface area (Å²) in [7, 11) is 0. The molecule has 9 heteroatoms. The van der Waals surface area contributed by atoms with Gasteiger partial charge in [-0.2, -0.15) is 5.10 Å². The highest BCUT2D eigenvalue weighted by Gasteiger charge is 2.13. The van der Waals surface area contributed by atoms with E-state index in [1.54, 1.807) is 42.5 Å². The average Bonchev–Trinajstić information content (AvgIpc) is 3.16. The topological polar surface area (TPSA) is 86.1 Å². The van der Waals surface area contributed by atoms with Crippen LogP contribution in [0.1, 0.15) is 5.56 Å². The molecule has 0 spiro atoms. The van der Waals surface area contributed by atoms with Crippen LogP contribution in [-0.4, -0.2) is 33.2 Å². The molecule has 0 bridgehead atoms. The van der Waals surface area contributed by atoms with Gasteiger partial charge in [0.15, 0.2) is 6.61 Å². The molecular weight excluding hydrogens is 391 g/mol. The van der Waals surface area contributed by atoms with Crippen LogP contribution in [0.3, 0.4) is 0 Å². The number of hydrogen-bond donors (Lipinski definition) is 1. The molecule has 0 aliphatic rings. The third-order valence-corrected chi connectivity index (χ3v) is 4.16. The van der Waals surface area contributed by atoms with Gasteiger partial charge in [0, 0.05) is 10.0 Å². The molecule has 138 valence electrons. The number of carbonyl (C=O) groups is 2. The lowest BCUT2D eigenvalue weighted by atomic mass is 10.1. The summed E-state index contributed by atoms with van der Waals surface area (Å²) in [6.45, 7) is -0.438. The number of nitrogens with one attached hydrogen (secondary N) is 1. The van der Waals surface area contributed by atoms with Crippen molar-refractivity contribution in [3.8, 4) is 5.69 Å². The number of carbonyl (C=O) groups excluding carboxylic acids is 2. The van der Waals surface area contributed by atoms with Crippen molar-refractivity contribution in [2.75, 3.05) is 11.9 Å². The largest absolute Gasteiger partial charge is 0.455 e. The Bertz CT molecular complexity index is 961. The highest BCUT2D eigenvalue weighted by molar-refractivity contribution is 6.31. The van der Waals surface area contributed by atoms with E-state index in [0.29, 0.717) is 27.0 Å². The number of ether oxygens (including phenoxy) is 1. The van der Waals surface area contributed by atoms with Crippen molar-refractivity contribution in [3.63, 3.8) is 0 Å². The number of aromatic nitrogens is 3. The summed E-state index contributed by atoms with van der Waals surface area (Å²) in [6.07, 6.45) is 2.84. The summed E-state index contributed by atoms with van der Waals surface area (Å²) in [6, 6.07) is 11.9. The van der Waals surface area contributed by atoms with Gasteiger partial charge in [0.25, 0.3) is 5.91 Å². The summed E-state index contributed by atoms with van der Waals surface area (Å²) < 4.78 is 6.50. The highest BCUT2D eigenvalue weighted by atomic mass is 35.5. The number of esters is 1. The Morgan fingerprint density at radius 2 is 1.96 bits per heavy atom. The minimum Gasteiger partial charge on any atom is -0.455 e. The van der Waals surface area contributed by atoms with Crippen LogP contribution in [0.15, 0.2) is 55.1 Å². The number of rotatable bonds is 6. The van der Waals surface area contributed by atoms with Crippen molar-refractivity contribution in [1.29, 1.82) is 0 Å². The lowest BCUT2D eigenvalue weighted by Crippen LogP contribution is -2.22. The second-order valence-corrected chi connectivity index (χ2v) is 6.32. The molecule has 1 aromatic heterocycles. The maximum Gasteiger partial charge on any atom is 0.310 e. The molecule has 27 heavy (non-hydrogen) atoms. The van der Waals surface area contributed by atoms with E-state index < -0.39 is 18.5 Å². The second-order valence-electron chi connectivity index (χ2n) is 5.48. The van der Waals surface area contributed by atoms with Crippen LogP contribution in [0.25, 0.3) is 5.69 Å². The summed E-state index contributed by atoms with van der Waals surface area (Å²) in [5, 5.41) is 7.58. The van der Waals surface area contributed by atoms with Crippen LogP contribution in [0.5, 0.6) is 0 Å². The summed E-state index contributed by atoms with van der Waals surface area (Å²) in [5.74, 6) is -1.06. The first-order chi connectivity index (χ1) is 13.0. The maximum absolute atomic E-state index is 12.2. The van der Waals surface area contributed by atoms with Crippen molar-refractivity contribution in [1.82, 2.24) is 14.8 Å². The first-order valence-corrected chi connectivity index (χ1v) is 8.62. The van der Waals surface area contributed by atoms with Gasteiger partial charge in [0.05, 0.1) is 17.8 Å². The first kappa shape index (κ1) is 18.9. The zero-order valence-corrected chi connectivity index (χ0v) is 15.4. The zero-order chi connectivity index (χ0) is 19.2. The Kier molecular flexibility index (Phi) is 6.05. The van der Waals surface area contributed by atoms with Gasteiger partial charge in [-0.25, -0.2) is 9.67 Å². The lowest BCUT2D eigenvalue weighted by Gasteiger charge is -2.11. The van der Waals surface area contributed by atoms with E-state index in [0.717, 1.165) is 0 Å². The number of hydrogen-bond acceptors (Lipinski definition) is 5. The first-order valence-electron chi connectivity index (χ1n) is 7.86. The number of amides is 1. The highest BCUT2D eigenvalue weighted by Crippen LogP contribution is 2.24. The van der Waals surface area contributed by atoms with Crippen molar-refractivity contribution in [2.45, 2.75) is 6.42 Å². The molecule has 0 atom stereocenters. The molecule has 0 saturated carbocycles. The fourth-order valence-corrected chi connectivity index (χ4v) is 2.70. The molecule has 0 aliphatic carbocycles. The van der Waals surface area contributed by atoms with E-state index in [2.05, 4.69) is 15.4 Å². The molecule has 3 rings (SSSR count). The molecule has 0 aliphatic heterocycles. The van der Waals surface area contributed by atoms with Gasteiger partial charge in [-0.1, -0.05) is 41.4 Å².